The molecule has 0 radical (unpaired) electrons. The van der Waals surface area contributed by atoms with Gasteiger partial charge in [0.05, 0.1) is 5.56 Å². The van der Waals surface area contributed by atoms with Crippen molar-refractivity contribution in [2.45, 2.75) is 20.3 Å². The molecule has 140 valence electrons. The fourth-order valence-electron chi connectivity index (χ4n) is 2.75. The minimum atomic E-state index is -0.297. The van der Waals surface area contributed by atoms with Crippen molar-refractivity contribution in [2.75, 3.05) is 5.32 Å². The van der Waals surface area contributed by atoms with Crippen molar-refractivity contribution >= 4 is 11.6 Å². The first-order chi connectivity index (χ1) is 13.6. The van der Waals surface area contributed by atoms with Crippen molar-refractivity contribution in [3.05, 3.63) is 72.2 Å². The standard InChI is InChI=1S/C20H18N6O2/c1-3-14-6-8-15(9-7-14)24-19(27)17-11-26(12-22-17)18-16(5-4-10-21-18)20-23-13(2)25-28-20/h4-12H,3H2,1-2H3,(H,24,27). The molecule has 0 atom stereocenters. The highest BCUT2D eigenvalue weighted by Gasteiger charge is 2.16. The summed E-state index contributed by atoms with van der Waals surface area (Å²) >= 11 is 0. The van der Waals surface area contributed by atoms with Gasteiger partial charge in [-0.15, -0.1) is 0 Å². The highest BCUT2D eigenvalue weighted by molar-refractivity contribution is 6.02. The Morgan fingerprint density at radius 2 is 2.00 bits per heavy atom. The van der Waals surface area contributed by atoms with E-state index in [2.05, 4.69) is 32.3 Å². The van der Waals surface area contributed by atoms with E-state index in [0.717, 1.165) is 12.1 Å². The molecule has 0 unspecified atom stereocenters. The molecule has 0 bridgehead atoms. The molecule has 0 saturated heterocycles. The van der Waals surface area contributed by atoms with E-state index in [1.165, 1.54) is 11.9 Å². The maximum absolute atomic E-state index is 12.5. The topological polar surface area (TPSA) is 98.7 Å². The van der Waals surface area contributed by atoms with Gasteiger partial charge in [0.15, 0.2) is 11.6 Å². The molecule has 0 fully saturated rings. The maximum atomic E-state index is 12.5. The van der Waals surface area contributed by atoms with E-state index in [-0.39, 0.29) is 11.6 Å². The van der Waals surface area contributed by atoms with Crippen LogP contribution in [-0.4, -0.2) is 30.6 Å². The average molecular weight is 374 g/mol. The third-order valence-electron chi connectivity index (χ3n) is 4.22. The first-order valence-electron chi connectivity index (χ1n) is 8.84. The number of carbonyl (C=O) groups is 1. The zero-order valence-electron chi connectivity index (χ0n) is 15.5. The molecule has 0 aliphatic rings. The Balaban J connectivity index is 1.58. The fraction of sp³-hybridized carbons (Fsp3) is 0.150. The van der Waals surface area contributed by atoms with E-state index in [9.17, 15) is 4.79 Å². The molecule has 4 rings (SSSR count). The largest absolute Gasteiger partial charge is 0.334 e. The summed E-state index contributed by atoms with van der Waals surface area (Å²) in [5, 5.41) is 6.67. The number of carbonyl (C=O) groups excluding carboxylic acids is 1. The van der Waals surface area contributed by atoms with Crippen LogP contribution in [0.15, 0.2) is 59.6 Å². The minimum absolute atomic E-state index is 0.276. The van der Waals surface area contributed by atoms with E-state index in [4.69, 9.17) is 4.52 Å². The van der Waals surface area contributed by atoms with E-state index >= 15 is 0 Å². The molecule has 0 aliphatic heterocycles. The number of nitrogens with zero attached hydrogens (tertiary/aromatic N) is 5. The second-order valence-electron chi connectivity index (χ2n) is 6.19. The van der Waals surface area contributed by atoms with Crippen LogP contribution in [0.4, 0.5) is 5.69 Å². The molecule has 0 aliphatic carbocycles. The minimum Gasteiger partial charge on any atom is -0.334 e. The van der Waals surface area contributed by atoms with E-state index in [1.54, 1.807) is 30.0 Å². The van der Waals surface area contributed by atoms with Gasteiger partial charge in [0.2, 0.25) is 0 Å². The molecule has 1 aromatic carbocycles. The number of aromatic nitrogens is 5. The lowest BCUT2D eigenvalue weighted by molar-refractivity contribution is 0.102. The highest BCUT2D eigenvalue weighted by Crippen LogP contribution is 2.23. The summed E-state index contributed by atoms with van der Waals surface area (Å²) in [5.41, 5.74) is 2.86. The SMILES string of the molecule is CCc1ccc(NC(=O)c2cn(-c3ncccc3-c3nc(C)no3)cn2)cc1. The van der Waals surface area contributed by atoms with E-state index in [1.807, 2.05) is 30.3 Å². The molecule has 1 amide bonds. The number of hydrogen-bond acceptors (Lipinski definition) is 6. The summed E-state index contributed by atoms with van der Waals surface area (Å²) in [6, 6.07) is 11.3. The second kappa shape index (κ2) is 7.43. The molecule has 1 N–H and O–H groups in total. The number of imidazole rings is 1. The van der Waals surface area contributed by atoms with E-state index < -0.39 is 0 Å². The van der Waals surface area contributed by atoms with Gasteiger partial charge in [-0.2, -0.15) is 4.98 Å². The van der Waals surface area contributed by atoms with Crippen LogP contribution >= 0.6 is 0 Å². The molecule has 0 spiro atoms. The fourth-order valence-corrected chi connectivity index (χ4v) is 2.75. The van der Waals surface area contributed by atoms with Crippen LogP contribution < -0.4 is 5.32 Å². The van der Waals surface area contributed by atoms with Crippen molar-refractivity contribution < 1.29 is 9.32 Å². The van der Waals surface area contributed by atoms with Crippen molar-refractivity contribution in [1.29, 1.82) is 0 Å². The second-order valence-corrected chi connectivity index (χ2v) is 6.19. The summed E-state index contributed by atoms with van der Waals surface area (Å²) in [5.74, 6) is 1.14. The number of nitrogens with one attached hydrogen (secondary N) is 1. The molecule has 0 saturated carbocycles. The molecule has 3 heterocycles. The highest BCUT2D eigenvalue weighted by atomic mass is 16.5. The summed E-state index contributed by atoms with van der Waals surface area (Å²) in [6.45, 7) is 3.83. The lowest BCUT2D eigenvalue weighted by Gasteiger charge is -2.05. The quantitative estimate of drug-likeness (QED) is 0.574. The third-order valence-corrected chi connectivity index (χ3v) is 4.22. The Kier molecular flexibility index (Phi) is 4.67. The van der Waals surface area contributed by atoms with Crippen LogP contribution in [-0.2, 0) is 6.42 Å². The van der Waals surface area contributed by atoms with E-state index in [0.29, 0.717) is 23.1 Å². The van der Waals surface area contributed by atoms with Crippen molar-refractivity contribution in [2.24, 2.45) is 0 Å². The Morgan fingerprint density at radius 3 is 2.71 bits per heavy atom. The smallest absolute Gasteiger partial charge is 0.275 e. The van der Waals surface area contributed by atoms with Crippen LogP contribution in [0.25, 0.3) is 17.3 Å². The predicted molar refractivity (Wildman–Crippen MR) is 103 cm³/mol. The third kappa shape index (κ3) is 3.52. The van der Waals surface area contributed by atoms with Gasteiger partial charge < -0.3 is 9.84 Å². The molecular formula is C20H18N6O2. The van der Waals surface area contributed by atoms with Gasteiger partial charge in [-0.3, -0.25) is 9.36 Å². The monoisotopic (exact) mass is 374 g/mol. The number of pyridine rings is 1. The molecule has 8 nitrogen and oxygen atoms in total. The Hall–Kier alpha value is -3.81. The normalized spacial score (nSPS) is 10.8. The van der Waals surface area contributed by atoms with Gasteiger partial charge in [-0.25, -0.2) is 9.97 Å². The first-order valence-corrected chi connectivity index (χ1v) is 8.84. The van der Waals surface area contributed by atoms with Crippen molar-refractivity contribution in [3.8, 4) is 17.3 Å². The molecule has 28 heavy (non-hydrogen) atoms. The van der Waals surface area contributed by atoms with Gasteiger partial charge in [0, 0.05) is 18.1 Å². The number of aryl methyl sites for hydroxylation is 2. The molecular weight excluding hydrogens is 356 g/mol. The van der Waals surface area contributed by atoms with Gasteiger partial charge in [-0.05, 0) is 43.2 Å². The zero-order chi connectivity index (χ0) is 19.5. The summed E-state index contributed by atoms with van der Waals surface area (Å²) < 4.78 is 6.91. The van der Waals surface area contributed by atoms with Crippen LogP contribution in [0.5, 0.6) is 0 Å². The van der Waals surface area contributed by atoms with Gasteiger partial charge in [-0.1, -0.05) is 24.2 Å². The number of benzene rings is 1. The average Bonchev–Trinajstić information content (AvgIpc) is 3.38. The first kappa shape index (κ1) is 17.6. The lowest BCUT2D eigenvalue weighted by atomic mass is 10.1. The van der Waals surface area contributed by atoms with Crippen LogP contribution in [0.2, 0.25) is 0 Å². The number of rotatable bonds is 5. The lowest BCUT2D eigenvalue weighted by Crippen LogP contribution is -2.12. The van der Waals surface area contributed by atoms with Crippen LogP contribution in [0.3, 0.4) is 0 Å². The van der Waals surface area contributed by atoms with Gasteiger partial charge >= 0.3 is 0 Å². The molecule has 4 aromatic rings. The van der Waals surface area contributed by atoms with Gasteiger partial charge in [0.1, 0.15) is 12.0 Å². The van der Waals surface area contributed by atoms with Crippen molar-refractivity contribution in [1.82, 2.24) is 24.7 Å². The Bertz CT molecular complexity index is 1110. The molecule has 8 heteroatoms. The zero-order valence-corrected chi connectivity index (χ0v) is 15.5. The van der Waals surface area contributed by atoms with Crippen LogP contribution in [0, 0.1) is 6.92 Å². The summed E-state index contributed by atoms with van der Waals surface area (Å²) in [6.07, 6.45) is 5.75. The number of hydrogen-bond donors (Lipinski definition) is 1. The summed E-state index contributed by atoms with van der Waals surface area (Å²) in [7, 11) is 0. The predicted octanol–water partition coefficient (Wildman–Crippen LogP) is 3.44. The van der Waals surface area contributed by atoms with Crippen LogP contribution in [0.1, 0.15) is 28.8 Å². The maximum Gasteiger partial charge on any atom is 0.275 e. The van der Waals surface area contributed by atoms with Gasteiger partial charge in [0.25, 0.3) is 11.8 Å². The number of amides is 1. The van der Waals surface area contributed by atoms with Crippen molar-refractivity contribution in [3.63, 3.8) is 0 Å². The Morgan fingerprint density at radius 1 is 1.18 bits per heavy atom. The number of anilines is 1. The molecule has 3 aromatic heterocycles. The Labute approximate surface area is 161 Å². The summed E-state index contributed by atoms with van der Waals surface area (Å²) in [4.78, 5) is 25.4.